The second-order valence-corrected chi connectivity index (χ2v) is 5.11. The van der Waals surface area contributed by atoms with Crippen LogP contribution in [0.1, 0.15) is 32.1 Å². The number of amides is 1. The summed E-state index contributed by atoms with van der Waals surface area (Å²) < 4.78 is 19.5. The lowest BCUT2D eigenvalue weighted by molar-refractivity contribution is 0.0601. The van der Waals surface area contributed by atoms with E-state index in [2.05, 4.69) is 31.4 Å². The number of nitrogens with zero attached hydrogens (tertiary/aromatic N) is 5. The van der Waals surface area contributed by atoms with E-state index in [1.165, 1.54) is 12.1 Å². The van der Waals surface area contributed by atoms with Crippen molar-refractivity contribution in [3.8, 4) is 18.4 Å². The maximum Gasteiger partial charge on any atom is 0.340 e. The van der Waals surface area contributed by atoms with Gasteiger partial charge in [-0.15, -0.1) is 21.3 Å². The van der Waals surface area contributed by atoms with Crippen LogP contribution in [0, 0.1) is 29.5 Å². The van der Waals surface area contributed by atoms with E-state index in [1.807, 2.05) is 6.07 Å². The number of anilines is 1. The van der Waals surface area contributed by atoms with Crippen molar-refractivity contribution in [1.29, 1.82) is 5.26 Å². The fourth-order valence-corrected chi connectivity index (χ4v) is 2.25. The lowest BCUT2D eigenvalue weighted by Gasteiger charge is -2.11. The average molecular weight is 364 g/mol. The number of ether oxygens (including phenoxy) is 1. The van der Waals surface area contributed by atoms with Crippen molar-refractivity contribution in [3.05, 3.63) is 52.6 Å². The van der Waals surface area contributed by atoms with Crippen LogP contribution in [0.3, 0.4) is 0 Å². The van der Waals surface area contributed by atoms with E-state index in [0.29, 0.717) is 5.52 Å². The lowest BCUT2D eigenvalue weighted by atomic mass is 10.1. The first kappa shape index (κ1) is 17.5. The number of nitriles is 1. The van der Waals surface area contributed by atoms with Crippen molar-refractivity contribution in [2.75, 3.05) is 12.4 Å². The van der Waals surface area contributed by atoms with Crippen LogP contribution in [0.5, 0.6) is 0 Å². The molecular formula is C17H9FN6O3. The zero-order valence-corrected chi connectivity index (χ0v) is 13.7. The highest BCUT2D eigenvalue weighted by Gasteiger charge is 2.19. The molecule has 0 aliphatic carbocycles. The Morgan fingerprint density at radius 1 is 1.37 bits per heavy atom. The molecule has 3 rings (SSSR count). The van der Waals surface area contributed by atoms with Gasteiger partial charge in [0.25, 0.3) is 5.91 Å². The predicted octanol–water partition coefficient (Wildman–Crippen LogP) is 1.16. The minimum atomic E-state index is -0.855. The van der Waals surface area contributed by atoms with Gasteiger partial charge in [0.1, 0.15) is 17.4 Å². The molecule has 0 saturated carbocycles. The van der Waals surface area contributed by atoms with Crippen molar-refractivity contribution in [2.45, 2.75) is 0 Å². The number of fused-ring (bicyclic) bond motifs is 1. The van der Waals surface area contributed by atoms with Crippen LogP contribution < -0.4 is 5.32 Å². The highest BCUT2D eigenvalue weighted by Crippen LogP contribution is 2.22. The maximum atomic E-state index is 13.9. The van der Waals surface area contributed by atoms with E-state index in [-0.39, 0.29) is 28.2 Å². The van der Waals surface area contributed by atoms with E-state index in [9.17, 15) is 14.0 Å². The van der Waals surface area contributed by atoms with Crippen LogP contribution in [-0.4, -0.2) is 39.0 Å². The zero-order chi connectivity index (χ0) is 19.6. The summed E-state index contributed by atoms with van der Waals surface area (Å²) in [5.74, 6) is -0.257. The number of carbonyl (C=O) groups is 2. The molecule has 0 fully saturated rings. The smallest absolute Gasteiger partial charge is 0.340 e. The first-order chi connectivity index (χ1) is 13.0. The predicted molar refractivity (Wildman–Crippen MR) is 89.1 cm³/mol. The molecule has 10 heteroatoms. The lowest BCUT2D eigenvalue weighted by Crippen LogP contribution is -2.18. The van der Waals surface area contributed by atoms with Gasteiger partial charge in [-0.05, 0) is 29.5 Å². The molecule has 2 heterocycles. The molecule has 0 aliphatic rings. The Balaban J connectivity index is 1.99. The molecular weight excluding hydrogens is 355 g/mol. The van der Waals surface area contributed by atoms with Gasteiger partial charge < -0.3 is 10.1 Å². The number of benzene rings is 1. The van der Waals surface area contributed by atoms with E-state index in [0.717, 1.165) is 23.9 Å². The molecule has 3 aromatic rings. The Bertz CT molecular complexity index is 1170. The Morgan fingerprint density at radius 3 is 2.81 bits per heavy atom. The molecule has 9 nitrogen and oxygen atoms in total. The normalized spacial score (nSPS) is 10.1. The average Bonchev–Trinajstić information content (AvgIpc) is 3.10. The van der Waals surface area contributed by atoms with Crippen molar-refractivity contribution in [2.24, 2.45) is 0 Å². The maximum absolute atomic E-state index is 13.9. The van der Waals surface area contributed by atoms with Crippen LogP contribution in [0.15, 0.2) is 24.3 Å². The van der Waals surface area contributed by atoms with Crippen LogP contribution in [0.25, 0.3) is 5.52 Å². The summed E-state index contributed by atoms with van der Waals surface area (Å²) in [4.78, 5) is 24.3. The van der Waals surface area contributed by atoms with Gasteiger partial charge in [-0.2, -0.15) is 5.26 Å². The van der Waals surface area contributed by atoms with Crippen LogP contribution in [-0.2, 0) is 4.74 Å². The number of hydrogen-bond donors (Lipinski definition) is 1. The van der Waals surface area contributed by atoms with Crippen LogP contribution in [0.4, 0.5) is 10.1 Å². The standard InChI is InChI=1S/C17H9FN6O3/c1-3-9-6-13(10(7-11(9)18)17(26)27-2)20-16(25)12-4-5-15-14(8-19)21-23-24(15)22-12/h1,4-7H,2H3,(H,20,25). The van der Waals surface area contributed by atoms with E-state index in [1.54, 1.807) is 0 Å². The minimum absolute atomic E-state index is 0.0422. The summed E-state index contributed by atoms with van der Waals surface area (Å²) >= 11 is 0. The van der Waals surface area contributed by atoms with E-state index < -0.39 is 17.7 Å². The number of halogens is 1. The summed E-state index contributed by atoms with van der Waals surface area (Å²) in [6, 6.07) is 6.65. The minimum Gasteiger partial charge on any atom is -0.465 e. The number of esters is 1. The summed E-state index contributed by atoms with van der Waals surface area (Å²) in [6.07, 6.45) is 5.22. The Morgan fingerprint density at radius 2 is 2.15 bits per heavy atom. The largest absolute Gasteiger partial charge is 0.465 e. The zero-order valence-electron chi connectivity index (χ0n) is 13.7. The molecule has 0 aliphatic heterocycles. The molecule has 2 aromatic heterocycles. The SMILES string of the molecule is C#Cc1cc(NC(=O)c2ccc3c(C#N)nnn3n2)c(C(=O)OC)cc1F. The number of nitrogens with one attached hydrogen (secondary N) is 1. The Hall–Kier alpha value is -4.31. The van der Waals surface area contributed by atoms with Crippen LogP contribution >= 0.6 is 0 Å². The second-order valence-electron chi connectivity index (χ2n) is 5.11. The molecule has 0 saturated heterocycles. The highest BCUT2D eigenvalue weighted by atomic mass is 19.1. The summed E-state index contributed by atoms with van der Waals surface area (Å²) in [6.45, 7) is 0. The third-order valence-corrected chi connectivity index (χ3v) is 3.54. The molecule has 27 heavy (non-hydrogen) atoms. The van der Waals surface area contributed by atoms with Gasteiger partial charge in [0.15, 0.2) is 11.4 Å². The van der Waals surface area contributed by atoms with Gasteiger partial charge in [0.2, 0.25) is 0 Å². The quantitative estimate of drug-likeness (QED) is 0.546. The first-order valence-corrected chi connectivity index (χ1v) is 7.31. The second kappa shape index (κ2) is 6.90. The molecule has 1 N–H and O–H groups in total. The number of carbonyl (C=O) groups excluding carboxylic acids is 2. The third-order valence-electron chi connectivity index (χ3n) is 3.54. The van der Waals surface area contributed by atoms with Gasteiger partial charge >= 0.3 is 5.97 Å². The molecule has 0 radical (unpaired) electrons. The monoisotopic (exact) mass is 364 g/mol. The fourth-order valence-electron chi connectivity index (χ4n) is 2.25. The molecule has 1 aromatic carbocycles. The molecule has 0 atom stereocenters. The summed E-state index contributed by atoms with van der Waals surface area (Å²) in [7, 11) is 1.12. The third kappa shape index (κ3) is 3.15. The topological polar surface area (TPSA) is 122 Å². The fraction of sp³-hybridized carbons (Fsp3) is 0.0588. The van der Waals surface area contributed by atoms with Crippen molar-refractivity contribution < 1.29 is 18.7 Å². The molecule has 0 bridgehead atoms. The van der Waals surface area contributed by atoms with Gasteiger partial charge in [-0.3, -0.25) is 4.79 Å². The number of methoxy groups -OCH3 is 1. The van der Waals surface area contributed by atoms with Crippen molar-refractivity contribution in [3.63, 3.8) is 0 Å². The van der Waals surface area contributed by atoms with Crippen molar-refractivity contribution >= 4 is 23.1 Å². The number of hydrogen-bond acceptors (Lipinski definition) is 7. The number of rotatable bonds is 3. The van der Waals surface area contributed by atoms with Crippen LogP contribution in [0.2, 0.25) is 0 Å². The summed E-state index contributed by atoms with van der Waals surface area (Å²) in [5.41, 5.74) is -0.105. The van der Waals surface area contributed by atoms with Gasteiger partial charge in [0.05, 0.1) is 23.9 Å². The number of terminal acetylenes is 1. The van der Waals surface area contributed by atoms with E-state index in [4.69, 9.17) is 11.7 Å². The Kier molecular flexibility index (Phi) is 4.47. The molecule has 1 amide bonds. The summed E-state index contributed by atoms with van der Waals surface area (Å²) in [5, 5.41) is 22.5. The molecule has 0 unspecified atom stereocenters. The molecule has 132 valence electrons. The van der Waals surface area contributed by atoms with Gasteiger partial charge in [0, 0.05) is 0 Å². The Labute approximate surface area is 151 Å². The van der Waals surface area contributed by atoms with Gasteiger partial charge in [-0.25, -0.2) is 9.18 Å². The number of aromatic nitrogens is 4. The van der Waals surface area contributed by atoms with Crippen molar-refractivity contribution in [1.82, 2.24) is 20.0 Å². The van der Waals surface area contributed by atoms with Gasteiger partial charge in [-0.1, -0.05) is 5.92 Å². The first-order valence-electron chi connectivity index (χ1n) is 7.31. The molecule has 0 spiro atoms. The van der Waals surface area contributed by atoms with E-state index >= 15 is 0 Å². The highest BCUT2D eigenvalue weighted by molar-refractivity contribution is 6.07.